The number of hydrogen-bond acceptors (Lipinski definition) is 7. The van der Waals surface area contributed by atoms with E-state index in [2.05, 4.69) is 9.80 Å². The van der Waals surface area contributed by atoms with Crippen molar-refractivity contribution in [2.45, 2.75) is 52.5 Å². The van der Waals surface area contributed by atoms with E-state index in [1.165, 1.54) is 12.1 Å². The van der Waals surface area contributed by atoms with Gasteiger partial charge in [-0.25, -0.2) is 4.39 Å². The molecular weight excluding hydrogens is 517 g/mol. The average Bonchev–Trinajstić information content (AvgIpc) is 3.00. The Morgan fingerprint density at radius 1 is 1.15 bits per heavy atom. The Hall–Kier alpha value is -4.09. The number of carbonyl (C=O) groups is 1. The first-order valence-corrected chi connectivity index (χ1v) is 14.4. The molecule has 0 aromatic heterocycles. The van der Waals surface area contributed by atoms with Crippen LogP contribution in [0.25, 0.3) is 5.70 Å². The molecule has 4 rings (SSSR count). The highest BCUT2D eigenvalue weighted by atomic mass is 19.1. The number of carbonyl (C=O) groups excluding carboxylic acids is 1. The number of ketones is 1. The molecule has 218 valence electrons. The Balaban J connectivity index is 0.00000226. The molecule has 0 amide bonds. The second-order valence-corrected chi connectivity index (χ2v) is 10.0. The molecule has 2 aliphatic rings. The fraction of sp³-hybridized carbons (Fsp3) is 0.394. The standard InChI is InChI=1S/C31H36FN5O2.C2H6/c1-3-22(31(21-38)37-14-4-5-25(34)20-37)18-30(23-6-7-24(19-33)29(32)17-23)35(2)26-8-10-27(11-9-26)36-15-12-28(39)13-16-36;1-2/h3,6-11,17-18,21,25,38H,4-5,12-16,20,34H2,1-2H3;1-2H3/b22-3+,30-18-,31-21?;. The summed E-state index contributed by atoms with van der Waals surface area (Å²) in [5.74, 6) is -0.291. The summed E-state index contributed by atoms with van der Waals surface area (Å²) in [6.45, 7) is 8.74. The molecule has 0 radical (unpaired) electrons. The Kier molecular flexibility index (Phi) is 11.5. The zero-order valence-corrected chi connectivity index (χ0v) is 24.6. The largest absolute Gasteiger partial charge is 0.513 e. The molecular formula is C33H42FN5O2. The maximum absolute atomic E-state index is 14.8. The highest BCUT2D eigenvalue weighted by Crippen LogP contribution is 2.31. The van der Waals surface area contributed by atoms with Gasteiger partial charge >= 0.3 is 0 Å². The average molecular weight is 560 g/mol. The summed E-state index contributed by atoms with van der Waals surface area (Å²) in [7, 11) is 1.91. The predicted octanol–water partition coefficient (Wildman–Crippen LogP) is 6.14. The lowest BCUT2D eigenvalue weighted by molar-refractivity contribution is -0.119. The molecule has 1 unspecified atom stereocenters. The van der Waals surface area contributed by atoms with Crippen LogP contribution < -0.4 is 15.5 Å². The predicted molar refractivity (Wildman–Crippen MR) is 165 cm³/mol. The summed E-state index contributed by atoms with van der Waals surface area (Å²) < 4.78 is 14.8. The van der Waals surface area contributed by atoms with Crippen molar-refractivity contribution in [1.82, 2.24) is 4.90 Å². The van der Waals surface area contributed by atoms with E-state index >= 15 is 0 Å². The van der Waals surface area contributed by atoms with Crippen LogP contribution in [-0.4, -0.2) is 55.1 Å². The van der Waals surface area contributed by atoms with Crippen LogP contribution in [0.2, 0.25) is 0 Å². The van der Waals surface area contributed by atoms with Gasteiger partial charge in [-0.1, -0.05) is 26.0 Å². The van der Waals surface area contributed by atoms with E-state index in [0.29, 0.717) is 55.2 Å². The SMILES string of the molecule is C/C=C(\C=C(\c1ccc(C#N)c(F)c1)N(C)c1ccc(N2CCC(=O)CC2)cc1)C(=CO)N1CCCC(N)C1.CC. The topological polar surface area (TPSA) is 96.8 Å². The number of anilines is 2. The molecule has 0 saturated carbocycles. The monoisotopic (exact) mass is 559 g/mol. The summed E-state index contributed by atoms with van der Waals surface area (Å²) in [6.07, 6.45) is 7.95. The zero-order valence-electron chi connectivity index (χ0n) is 24.6. The van der Waals surface area contributed by atoms with Crippen LogP contribution in [0.1, 0.15) is 57.6 Å². The highest BCUT2D eigenvalue weighted by Gasteiger charge is 2.22. The Bertz CT molecular complexity index is 1320. The molecule has 2 saturated heterocycles. The molecule has 2 aliphatic heterocycles. The van der Waals surface area contributed by atoms with Crippen molar-refractivity contribution in [3.05, 3.63) is 89.1 Å². The third-order valence-electron chi connectivity index (χ3n) is 7.49. The first kappa shape index (κ1) is 31.4. The van der Waals surface area contributed by atoms with Crippen LogP contribution >= 0.6 is 0 Å². The van der Waals surface area contributed by atoms with E-state index in [1.807, 2.05) is 75.2 Å². The lowest BCUT2D eigenvalue weighted by Crippen LogP contribution is -2.42. The molecule has 3 N–H and O–H groups in total. The normalized spacial score (nSPS) is 18.4. The molecule has 2 aromatic rings. The smallest absolute Gasteiger partial charge is 0.141 e. The number of benzene rings is 2. The molecule has 41 heavy (non-hydrogen) atoms. The molecule has 0 bridgehead atoms. The molecule has 2 aromatic carbocycles. The molecule has 2 heterocycles. The van der Waals surface area contributed by atoms with Gasteiger partial charge in [0.15, 0.2) is 0 Å². The highest BCUT2D eigenvalue weighted by molar-refractivity contribution is 5.83. The minimum Gasteiger partial charge on any atom is -0.513 e. The number of nitrogens with zero attached hydrogens (tertiary/aromatic N) is 4. The third kappa shape index (κ3) is 7.77. The summed E-state index contributed by atoms with van der Waals surface area (Å²) in [5, 5.41) is 19.5. The summed E-state index contributed by atoms with van der Waals surface area (Å²) in [6, 6.07) is 14.6. The summed E-state index contributed by atoms with van der Waals surface area (Å²) >= 11 is 0. The minimum absolute atomic E-state index is 0.0189. The number of allylic oxidation sites excluding steroid dienone is 2. The van der Waals surface area contributed by atoms with Gasteiger partial charge in [0.2, 0.25) is 0 Å². The van der Waals surface area contributed by atoms with Crippen LogP contribution in [0, 0.1) is 17.1 Å². The van der Waals surface area contributed by atoms with Crippen LogP contribution in [0.5, 0.6) is 0 Å². The summed E-state index contributed by atoms with van der Waals surface area (Å²) in [4.78, 5) is 17.9. The van der Waals surface area contributed by atoms with Gasteiger partial charge in [-0.2, -0.15) is 5.26 Å². The van der Waals surface area contributed by atoms with E-state index in [0.717, 1.165) is 42.6 Å². The first-order chi connectivity index (χ1) is 19.8. The lowest BCUT2D eigenvalue weighted by atomic mass is 10.0. The Morgan fingerprint density at radius 2 is 1.83 bits per heavy atom. The van der Waals surface area contributed by atoms with Crippen molar-refractivity contribution >= 4 is 22.9 Å². The van der Waals surface area contributed by atoms with Crippen molar-refractivity contribution in [2.75, 3.05) is 43.0 Å². The second-order valence-electron chi connectivity index (χ2n) is 10.0. The number of nitrogens with two attached hydrogens (primary N) is 1. The number of Topliss-reactive ketones (excluding diaryl/α,β-unsaturated/α-hetero) is 1. The van der Waals surface area contributed by atoms with Gasteiger partial charge in [-0.05, 0) is 67.8 Å². The maximum atomic E-state index is 14.8. The van der Waals surface area contributed by atoms with Crippen molar-refractivity contribution in [2.24, 2.45) is 5.73 Å². The number of rotatable bonds is 7. The zero-order chi connectivity index (χ0) is 29.9. The summed E-state index contributed by atoms with van der Waals surface area (Å²) in [5.41, 5.74) is 10.8. The van der Waals surface area contributed by atoms with Crippen molar-refractivity contribution < 1.29 is 14.3 Å². The first-order valence-electron chi connectivity index (χ1n) is 14.4. The molecule has 1 atom stereocenters. The fourth-order valence-electron chi connectivity index (χ4n) is 5.20. The molecule has 0 aliphatic carbocycles. The van der Waals surface area contributed by atoms with Gasteiger partial charge in [0.1, 0.15) is 23.9 Å². The van der Waals surface area contributed by atoms with Gasteiger partial charge in [-0.3, -0.25) is 4.79 Å². The number of hydrogen-bond donors (Lipinski definition) is 2. The van der Waals surface area contributed by atoms with Crippen LogP contribution in [-0.2, 0) is 4.79 Å². The Labute approximate surface area is 243 Å². The van der Waals surface area contributed by atoms with E-state index in [4.69, 9.17) is 5.73 Å². The van der Waals surface area contributed by atoms with Crippen LogP contribution in [0.4, 0.5) is 15.8 Å². The number of nitriles is 1. The van der Waals surface area contributed by atoms with Crippen LogP contribution in [0.15, 0.2) is 72.1 Å². The molecule has 7 nitrogen and oxygen atoms in total. The molecule has 0 spiro atoms. The lowest BCUT2D eigenvalue weighted by Gasteiger charge is -2.34. The molecule has 8 heteroatoms. The fourth-order valence-corrected chi connectivity index (χ4v) is 5.20. The Morgan fingerprint density at radius 3 is 2.39 bits per heavy atom. The van der Waals surface area contributed by atoms with Gasteiger partial charge in [0, 0.05) is 74.7 Å². The van der Waals surface area contributed by atoms with E-state index in [1.54, 1.807) is 6.07 Å². The third-order valence-corrected chi connectivity index (χ3v) is 7.49. The number of likely N-dealkylation sites (tertiary alicyclic amines) is 1. The van der Waals surface area contributed by atoms with Gasteiger partial charge in [0.05, 0.1) is 11.3 Å². The van der Waals surface area contributed by atoms with Crippen LogP contribution in [0.3, 0.4) is 0 Å². The second kappa shape index (κ2) is 15.1. The van der Waals surface area contributed by atoms with Gasteiger partial charge in [0.25, 0.3) is 0 Å². The van der Waals surface area contributed by atoms with Crippen molar-refractivity contribution in [3.63, 3.8) is 0 Å². The van der Waals surface area contributed by atoms with E-state index in [-0.39, 0.29) is 11.6 Å². The number of halogens is 1. The van der Waals surface area contributed by atoms with Crippen molar-refractivity contribution in [3.8, 4) is 6.07 Å². The number of piperidine rings is 2. The van der Waals surface area contributed by atoms with E-state index < -0.39 is 5.82 Å². The van der Waals surface area contributed by atoms with Gasteiger partial charge < -0.3 is 25.5 Å². The quantitative estimate of drug-likeness (QED) is 0.311. The van der Waals surface area contributed by atoms with Gasteiger partial charge in [-0.15, -0.1) is 0 Å². The maximum Gasteiger partial charge on any atom is 0.141 e. The number of aliphatic hydroxyl groups is 1. The minimum atomic E-state index is -0.591. The van der Waals surface area contributed by atoms with E-state index in [9.17, 15) is 19.6 Å². The van der Waals surface area contributed by atoms with Crippen molar-refractivity contribution in [1.29, 1.82) is 5.26 Å². The molecule has 2 fully saturated rings. The number of aliphatic hydroxyl groups excluding tert-OH is 1.